The summed E-state index contributed by atoms with van der Waals surface area (Å²) in [6, 6.07) is 8.00. The second kappa shape index (κ2) is 9.71. The molecule has 9 nitrogen and oxygen atoms in total. The van der Waals surface area contributed by atoms with E-state index in [9.17, 15) is 14.4 Å². The minimum Gasteiger partial charge on any atom is -0.452 e. The zero-order valence-electron chi connectivity index (χ0n) is 17.3. The van der Waals surface area contributed by atoms with E-state index >= 15 is 0 Å². The van der Waals surface area contributed by atoms with Crippen molar-refractivity contribution in [1.82, 2.24) is 20.4 Å². The number of hydrogen-bond donors (Lipinski definition) is 3. The minimum atomic E-state index is -0.858. The molecular weight excluding hydrogens is 457 g/mol. The van der Waals surface area contributed by atoms with Gasteiger partial charge in [0.15, 0.2) is 5.82 Å². The maximum absolute atomic E-state index is 13.2. The maximum atomic E-state index is 13.2. The lowest BCUT2D eigenvalue weighted by Gasteiger charge is -2.16. The third-order valence-corrected chi connectivity index (χ3v) is 4.92. The molecule has 0 aliphatic heterocycles. The van der Waals surface area contributed by atoms with Gasteiger partial charge < -0.3 is 10.1 Å². The Labute approximate surface area is 193 Å². The molecule has 3 amide bonds. The SMILES string of the molecule is COC(=O)NNC(=O)c1cc(Cl)cc(C)c1NC(=O)c1cc(C)cn1-c1ncccc1Cl. The number of benzene rings is 1. The number of anilines is 1. The number of hydrazine groups is 1. The van der Waals surface area contributed by atoms with Crippen molar-refractivity contribution in [2.24, 2.45) is 0 Å². The maximum Gasteiger partial charge on any atom is 0.425 e. The van der Waals surface area contributed by atoms with Gasteiger partial charge in [-0.15, -0.1) is 0 Å². The van der Waals surface area contributed by atoms with Crippen LogP contribution in [-0.2, 0) is 4.74 Å². The highest BCUT2D eigenvalue weighted by Crippen LogP contribution is 2.27. The van der Waals surface area contributed by atoms with Gasteiger partial charge in [-0.1, -0.05) is 23.2 Å². The quantitative estimate of drug-likeness (QED) is 0.492. The summed E-state index contributed by atoms with van der Waals surface area (Å²) < 4.78 is 5.99. The Hall–Kier alpha value is -3.56. The molecule has 166 valence electrons. The predicted octanol–water partition coefficient (Wildman–Crippen LogP) is 4.05. The van der Waals surface area contributed by atoms with Gasteiger partial charge in [0.25, 0.3) is 11.8 Å². The van der Waals surface area contributed by atoms with Crippen LogP contribution in [0.1, 0.15) is 32.0 Å². The first-order chi connectivity index (χ1) is 15.2. The molecule has 0 saturated carbocycles. The molecule has 32 heavy (non-hydrogen) atoms. The second-order valence-electron chi connectivity index (χ2n) is 6.75. The first kappa shape index (κ1) is 23.1. The van der Waals surface area contributed by atoms with Crippen LogP contribution in [0, 0.1) is 13.8 Å². The van der Waals surface area contributed by atoms with Crippen LogP contribution >= 0.6 is 23.2 Å². The predicted molar refractivity (Wildman–Crippen MR) is 120 cm³/mol. The number of carbonyl (C=O) groups is 3. The lowest BCUT2D eigenvalue weighted by Crippen LogP contribution is -2.41. The van der Waals surface area contributed by atoms with Gasteiger partial charge in [0.2, 0.25) is 0 Å². The molecule has 0 unspecified atom stereocenters. The van der Waals surface area contributed by atoms with Gasteiger partial charge in [0.1, 0.15) is 5.69 Å². The molecule has 0 spiro atoms. The Bertz CT molecular complexity index is 1210. The van der Waals surface area contributed by atoms with Crippen molar-refractivity contribution in [2.45, 2.75) is 13.8 Å². The van der Waals surface area contributed by atoms with Crippen LogP contribution in [0.3, 0.4) is 0 Å². The number of aromatic nitrogens is 2. The summed E-state index contributed by atoms with van der Waals surface area (Å²) in [4.78, 5) is 41.3. The summed E-state index contributed by atoms with van der Waals surface area (Å²) in [7, 11) is 1.15. The summed E-state index contributed by atoms with van der Waals surface area (Å²) >= 11 is 12.4. The standard InChI is InChI=1S/C21H19Cl2N5O4/c1-11-7-16(28(10-11)18-15(23)5-4-6-24-18)20(30)25-17-12(2)8-13(22)9-14(17)19(29)26-27-21(31)32-3/h4-10H,1-3H3,(H,25,30)(H,26,29)(H,27,31). The van der Waals surface area contributed by atoms with Crippen LogP contribution < -0.4 is 16.2 Å². The van der Waals surface area contributed by atoms with E-state index < -0.39 is 17.9 Å². The van der Waals surface area contributed by atoms with Gasteiger partial charge in [-0.05, 0) is 55.3 Å². The third kappa shape index (κ3) is 5.01. The third-order valence-electron chi connectivity index (χ3n) is 4.40. The minimum absolute atomic E-state index is 0.0467. The number of aryl methyl sites for hydroxylation is 2. The molecule has 11 heteroatoms. The summed E-state index contributed by atoms with van der Waals surface area (Å²) in [6.07, 6.45) is 2.44. The normalized spacial score (nSPS) is 10.4. The van der Waals surface area contributed by atoms with Crippen molar-refractivity contribution in [1.29, 1.82) is 0 Å². The molecule has 2 heterocycles. The molecule has 3 rings (SSSR count). The first-order valence-electron chi connectivity index (χ1n) is 9.27. The van der Waals surface area contributed by atoms with Gasteiger partial charge >= 0.3 is 6.09 Å². The summed E-state index contributed by atoms with van der Waals surface area (Å²) in [6.45, 7) is 3.51. The van der Waals surface area contributed by atoms with Gasteiger partial charge in [0.05, 0.1) is 23.4 Å². The van der Waals surface area contributed by atoms with E-state index in [2.05, 4.69) is 25.9 Å². The highest BCUT2D eigenvalue weighted by molar-refractivity contribution is 6.32. The molecular formula is C21H19Cl2N5O4. The van der Waals surface area contributed by atoms with Gasteiger partial charge in [0, 0.05) is 17.4 Å². The Morgan fingerprint density at radius 3 is 2.50 bits per heavy atom. The number of carbonyl (C=O) groups excluding carboxylic acids is 3. The molecule has 3 aromatic rings. The number of hydrogen-bond acceptors (Lipinski definition) is 5. The number of amides is 3. The lowest BCUT2D eigenvalue weighted by atomic mass is 10.1. The van der Waals surface area contributed by atoms with Crippen LogP contribution in [0.25, 0.3) is 5.82 Å². The molecule has 0 fully saturated rings. The molecule has 0 radical (unpaired) electrons. The molecule has 0 atom stereocenters. The number of rotatable bonds is 4. The van der Waals surface area contributed by atoms with Crippen molar-refractivity contribution in [2.75, 3.05) is 12.4 Å². The molecule has 0 aliphatic rings. The van der Waals surface area contributed by atoms with Crippen LogP contribution in [0.15, 0.2) is 42.7 Å². The number of nitrogens with one attached hydrogen (secondary N) is 3. The molecule has 0 bridgehead atoms. The fraction of sp³-hybridized carbons (Fsp3) is 0.143. The zero-order valence-corrected chi connectivity index (χ0v) is 18.8. The fourth-order valence-corrected chi connectivity index (χ4v) is 3.48. The molecule has 0 aliphatic carbocycles. The van der Waals surface area contributed by atoms with E-state index in [1.807, 2.05) is 6.92 Å². The highest BCUT2D eigenvalue weighted by atomic mass is 35.5. The van der Waals surface area contributed by atoms with E-state index in [0.29, 0.717) is 16.4 Å². The number of halogens is 2. The molecule has 2 aromatic heterocycles. The lowest BCUT2D eigenvalue weighted by molar-refractivity contribution is 0.0921. The van der Waals surface area contributed by atoms with Gasteiger partial charge in [-0.25, -0.2) is 15.2 Å². The fourth-order valence-electron chi connectivity index (χ4n) is 2.99. The van der Waals surface area contributed by atoms with E-state index in [4.69, 9.17) is 23.2 Å². The van der Waals surface area contributed by atoms with Crippen molar-refractivity contribution in [3.8, 4) is 5.82 Å². The average molecular weight is 476 g/mol. The second-order valence-corrected chi connectivity index (χ2v) is 7.60. The van der Waals surface area contributed by atoms with Crippen molar-refractivity contribution in [3.05, 3.63) is 75.2 Å². The van der Waals surface area contributed by atoms with Gasteiger partial charge in [-0.3, -0.25) is 19.6 Å². The number of pyridine rings is 1. The number of ether oxygens (including phenoxy) is 1. The van der Waals surface area contributed by atoms with E-state index in [0.717, 1.165) is 12.7 Å². The summed E-state index contributed by atoms with van der Waals surface area (Å²) in [5.41, 5.74) is 6.16. The van der Waals surface area contributed by atoms with Crippen molar-refractivity contribution < 1.29 is 19.1 Å². The smallest absolute Gasteiger partial charge is 0.425 e. The average Bonchev–Trinajstić information content (AvgIpc) is 3.15. The van der Waals surface area contributed by atoms with Crippen LogP contribution in [0.5, 0.6) is 0 Å². The molecule has 1 aromatic carbocycles. The zero-order chi connectivity index (χ0) is 23.4. The summed E-state index contributed by atoms with van der Waals surface area (Å²) in [5, 5.41) is 3.40. The van der Waals surface area contributed by atoms with E-state index in [1.165, 1.54) is 6.07 Å². The monoisotopic (exact) mass is 475 g/mol. The van der Waals surface area contributed by atoms with Crippen LogP contribution in [0.4, 0.5) is 10.5 Å². The Morgan fingerprint density at radius 1 is 1.06 bits per heavy atom. The van der Waals surface area contributed by atoms with Crippen molar-refractivity contribution in [3.63, 3.8) is 0 Å². The first-order valence-corrected chi connectivity index (χ1v) is 10.0. The Balaban J connectivity index is 1.96. The van der Waals surface area contributed by atoms with Gasteiger partial charge in [-0.2, -0.15) is 0 Å². The van der Waals surface area contributed by atoms with Crippen LogP contribution in [-0.4, -0.2) is 34.6 Å². The number of nitrogens with zero attached hydrogens (tertiary/aromatic N) is 2. The van der Waals surface area contributed by atoms with Crippen LogP contribution in [0.2, 0.25) is 10.0 Å². The topological polar surface area (TPSA) is 114 Å². The largest absolute Gasteiger partial charge is 0.452 e. The highest BCUT2D eigenvalue weighted by Gasteiger charge is 2.21. The van der Waals surface area contributed by atoms with E-state index in [1.54, 1.807) is 48.1 Å². The Kier molecular flexibility index (Phi) is 7.01. The Morgan fingerprint density at radius 2 is 1.81 bits per heavy atom. The summed E-state index contributed by atoms with van der Waals surface area (Å²) in [5.74, 6) is -0.809. The molecule has 3 N–H and O–H groups in total. The van der Waals surface area contributed by atoms with E-state index in [-0.39, 0.29) is 22.0 Å². The molecule has 0 saturated heterocycles. The number of methoxy groups -OCH3 is 1. The van der Waals surface area contributed by atoms with Crippen molar-refractivity contribution >= 4 is 46.8 Å².